The van der Waals surface area contributed by atoms with Gasteiger partial charge in [-0.05, 0) is 39.0 Å². The Morgan fingerprint density at radius 3 is 2.62 bits per heavy atom. The molecule has 21 heavy (non-hydrogen) atoms. The van der Waals surface area contributed by atoms with E-state index in [2.05, 4.69) is 12.2 Å². The van der Waals surface area contributed by atoms with E-state index in [4.69, 9.17) is 0 Å². The maximum absolute atomic E-state index is 12.9. The molecule has 124 valence electrons. The minimum atomic E-state index is -3.33. The van der Waals surface area contributed by atoms with Crippen LogP contribution < -0.4 is 5.32 Å². The van der Waals surface area contributed by atoms with Gasteiger partial charge in [-0.1, -0.05) is 19.8 Å². The number of hydrogen-bond donors (Lipinski definition) is 1. The lowest BCUT2D eigenvalue weighted by Gasteiger charge is -2.38. The van der Waals surface area contributed by atoms with Crippen molar-refractivity contribution in [2.45, 2.75) is 76.9 Å². The highest BCUT2D eigenvalue weighted by atomic mass is 32.2. The molecule has 6 heteroatoms. The van der Waals surface area contributed by atoms with Crippen molar-refractivity contribution in [1.29, 1.82) is 0 Å². The van der Waals surface area contributed by atoms with Gasteiger partial charge in [-0.2, -0.15) is 17.0 Å². The molecule has 1 saturated heterocycles. The van der Waals surface area contributed by atoms with E-state index in [9.17, 15) is 8.42 Å². The highest BCUT2D eigenvalue weighted by Gasteiger charge is 2.37. The standard InChI is InChI=1S/C15H31N3O2S/c1-4-7-13(2)17(3)21(19,20)18-11-6-5-8-15(18)12-16-14-9-10-14/h13-16H,4-12H2,1-3H3. The lowest BCUT2D eigenvalue weighted by atomic mass is 10.1. The Morgan fingerprint density at radius 1 is 1.29 bits per heavy atom. The van der Waals surface area contributed by atoms with Crippen molar-refractivity contribution in [2.24, 2.45) is 0 Å². The van der Waals surface area contributed by atoms with Gasteiger partial charge in [-0.25, -0.2) is 0 Å². The second kappa shape index (κ2) is 7.40. The molecule has 2 atom stereocenters. The maximum atomic E-state index is 12.9. The Bertz CT molecular complexity index is 423. The summed E-state index contributed by atoms with van der Waals surface area (Å²) in [4.78, 5) is 0. The number of nitrogens with zero attached hydrogens (tertiary/aromatic N) is 2. The van der Waals surface area contributed by atoms with Gasteiger partial charge in [0.15, 0.2) is 0 Å². The van der Waals surface area contributed by atoms with E-state index < -0.39 is 10.2 Å². The summed E-state index contributed by atoms with van der Waals surface area (Å²) in [6, 6.07) is 0.827. The Hall–Kier alpha value is -0.170. The van der Waals surface area contributed by atoms with Gasteiger partial charge < -0.3 is 5.32 Å². The van der Waals surface area contributed by atoms with Gasteiger partial charge in [0.25, 0.3) is 10.2 Å². The van der Waals surface area contributed by atoms with Crippen molar-refractivity contribution in [3.05, 3.63) is 0 Å². The van der Waals surface area contributed by atoms with Gasteiger partial charge in [-0.15, -0.1) is 0 Å². The number of piperidine rings is 1. The molecule has 0 radical (unpaired) electrons. The molecule has 0 aromatic rings. The molecule has 0 aromatic carbocycles. The van der Waals surface area contributed by atoms with Crippen LogP contribution in [0.25, 0.3) is 0 Å². The van der Waals surface area contributed by atoms with E-state index in [1.54, 1.807) is 15.7 Å². The van der Waals surface area contributed by atoms with Crippen LogP contribution in [0.2, 0.25) is 0 Å². The van der Waals surface area contributed by atoms with Gasteiger partial charge >= 0.3 is 0 Å². The molecular weight excluding hydrogens is 286 g/mol. The minimum Gasteiger partial charge on any atom is -0.312 e. The van der Waals surface area contributed by atoms with Gasteiger partial charge in [0.2, 0.25) is 0 Å². The first-order valence-electron chi connectivity index (χ1n) is 8.45. The Balaban J connectivity index is 2.02. The first kappa shape index (κ1) is 17.2. The fourth-order valence-corrected chi connectivity index (χ4v) is 4.87. The van der Waals surface area contributed by atoms with Crippen LogP contribution in [0.15, 0.2) is 0 Å². The van der Waals surface area contributed by atoms with E-state index in [0.29, 0.717) is 12.6 Å². The average molecular weight is 317 g/mol. The summed E-state index contributed by atoms with van der Waals surface area (Å²) < 4.78 is 29.1. The summed E-state index contributed by atoms with van der Waals surface area (Å²) in [7, 11) is -1.60. The zero-order valence-corrected chi connectivity index (χ0v) is 14.5. The fourth-order valence-electron chi connectivity index (χ4n) is 3.06. The lowest BCUT2D eigenvalue weighted by molar-refractivity contribution is 0.221. The summed E-state index contributed by atoms with van der Waals surface area (Å²) in [6.07, 6.45) is 7.50. The predicted octanol–water partition coefficient (Wildman–Crippen LogP) is 1.96. The monoisotopic (exact) mass is 317 g/mol. The molecule has 1 aliphatic heterocycles. The Morgan fingerprint density at radius 2 is 2.00 bits per heavy atom. The molecule has 2 unspecified atom stereocenters. The Labute approximate surface area is 130 Å². The number of rotatable bonds is 8. The summed E-state index contributed by atoms with van der Waals surface area (Å²) in [5, 5.41) is 3.50. The minimum absolute atomic E-state index is 0.0685. The second-order valence-corrected chi connectivity index (χ2v) is 8.55. The molecule has 2 aliphatic rings. The second-order valence-electron chi connectivity index (χ2n) is 6.60. The van der Waals surface area contributed by atoms with Crippen molar-refractivity contribution in [3.63, 3.8) is 0 Å². The Kier molecular flexibility index (Phi) is 6.05. The molecule has 0 spiro atoms. The van der Waals surface area contributed by atoms with E-state index >= 15 is 0 Å². The predicted molar refractivity (Wildman–Crippen MR) is 86.4 cm³/mol. The summed E-state index contributed by atoms with van der Waals surface area (Å²) in [6.45, 7) is 5.57. The van der Waals surface area contributed by atoms with Crippen LogP contribution in [-0.2, 0) is 10.2 Å². The molecule has 1 heterocycles. The first-order valence-corrected chi connectivity index (χ1v) is 9.84. The smallest absolute Gasteiger partial charge is 0.282 e. The van der Waals surface area contributed by atoms with Crippen LogP contribution in [0.5, 0.6) is 0 Å². The normalized spacial score (nSPS) is 26.2. The highest BCUT2D eigenvalue weighted by molar-refractivity contribution is 7.86. The van der Waals surface area contributed by atoms with Crippen molar-refractivity contribution in [2.75, 3.05) is 20.1 Å². The van der Waals surface area contributed by atoms with Crippen LogP contribution in [-0.4, -0.2) is 55.3 Å². The summed E-state index contributed by atoms with van der Waals surface area (Å²) >= 11 is 0. The highest BCUT2D eigenvalue weighted by Crippen LogP contribution is 2.25. The molecule has 0 bridgehead atoms. The van der Waals surface area contributed by atoms with Gasteiger partial charge in [0.1, 0.15) is 0 Å². The summed E-state index contributed by atoms with van der Waals surface area (Å²) in [5.74, 6) is 0. The third-order valence-electron chi connectivity index (χ3n) is 4.78. The van der Waals surface area contributed by atoms with Gasteiger partial charge in [0, 0.05) is 38.3 Å². The molecular formula is C15H31N3O2S. The summed E-state index contributed by atoms with van der Waals surface area (Å²) in [5.41, 5.74) is 0. The maximum Gasteiger partial charge on any atom is 0.282 e. The van der Waals surface area contributed by atoms with Crippen LogP contribution >= 0.6 is 0 Å². The van der Waals surface area contributed by atoms with Crippen LogP contribution in [0.4, 0.5) is 0 Å². The van der Waals surface area contributed by atoms with E-state index in [1.807, 2.05) is 6.92 Å². The third-order valence-corrected chi connectivity index (χ3v) is 6.94. The van der Waals surface area contributed by atoms with E-state index in [0.717, 1.165) is 38.6 Å². The topological polar surface area (TPSA) is 52.7 Å². The molecule has 1 saturated carbocycles. The molecule has 2 rings (SSSR count). The fraction of sp³-hybridized carbons (Fsp3) is 1.00. The molecule has 5 nitrogen and oxygen atoms in total. The van der Waals surface area contributed by atoms with Gasteiger partial charge in [0.05, 0.1) is 0 Å². The average Bonchev–Trinajstić information content (AvgIpc) is 3.29. The van der Waals surface area contributed by atoms with Crippen LogP contribution in [0, 0.1) is 0 Å². The van der Waals surface area contributed by atoms with Crippen LogP contribution in [0.1, 0.15) is 58.8 Å². The zero-order valence-electron chi connectivity index (χ0n) is 13.7. The number of hydrogen-bond acceptors (Lipinski definition) is 3. The van der Waals surface area contributed by atoms with Crippen molar-refractivity contribution in [3.8, 4) is 0 Å². The van der Waals surface area contributed by atoms with Gasteiger partial charge in [-0.3, -0.25) is 0 Å². The third kappa shape index (κ3) is 4.41. The zero-order chi connectivity index (χ0) is 15.5. The molecule has 2 fully saturated rings. The van der Waals surface area contributed by atoms with Crippen molar-refractivity contribution >= 4 is 10.2 Å². The van der Waals surface area contributed by atoms with E-state index in [1.165, 1.54) is 12.8 Å². The molecule has 0 amide bonds. The van der Waals surface area contributed by atoms with Crippen molar-refractivity contribution < 1.29 is 8.42 Å². The molecule has 0 aromatic heterocycles. The molecule has 1 aliphatic carbocycles. The van der Waals surface area contributed by atoms with E-state index in [-0.39, 0.29) is 12.1 Å². The molecule has 1 N–H and O–H groups in total. The largest absolute Gasteiger partial charge is 0.312 e. The quantitative estimate of drug-likeness (QED) is 0.744. The SMILES string of the molecule is CCCC(C)N(C)S(=O)(=O)N1CCCCC1CNC1CC1. The number of nitrogens with one attached hydrogen (secondary N) is 1. The first-order chi connectivity index (χ1) is 9.96. The van der Waals surface area contributed by atoms with Crippen LogP contribution in [0.3, 0.4) is 0 Å². The van der Waals surface area contributed by atoms with Crippen molar-refractivity contribution in [1.82, 2.24) is 13.9 Å². The lowest BCUT2D eigenvalue weighted by Crippen LogP contribution is -2.54.